The lowest BCUT2D eigenvalue weighted by Crippen LogP contribution is -2.28. The highest BCUT2D eigenvalue weighted by molar-refractivity contribution is 6.30. The van der Waals surface area contributed by atoms with Crippen LogP contribution in [-0.2, 0) is 4.79 Å². The van der Waals surface area contributed by atoms with Gasteiger partial charge in [0.1, 0.15) is 6.04 Å². The molecule has 0 saturated heterocycles. The van der Waals surface area contributed by atoms with Crippen molar-refractivity contribution in [1.82, 2.24) is 0 Å². The summed E-state index contributed by atoms with van der Waals surface area (Å²) in [6, 6.07) is 6.54. The summed E-state index contributed by atoms with van der Waals surface area (Å²) in [5, 5.41) is 3.10. The lowest BCUT2D eigenvalue weighted by Gasteiger charge is -2.17. The molecular weight excluding hydrogens is 305 g/mol. The molecule has 0 fully saturated rings. The van der Waals surface area contributed by atoms with Gasteiger partial charge in [-0.05, 0) is 35.9 Å². The number of rotatable bonds is 4. The molecule has 0 spiro atoms. The topological polar surface area (TPSA) is 55.1 Å². The molecule has 2 rings (SSSR count). The van der Waals surface area contributed by atoms with Crippen LogP contribution in [0.25, 0.3) is 0 Å². The average Bonchev–Trinajstić information content (AvgIpc) is 2.41. The van der Waals surface area contributed by atoms with Crippen LogP contribution in [0.3, 0.4) is 0 Å². The van der Waals surface area contributed by atoms with Crippen LogP contribution < -0.4 is 11.1 Å². The zero-order valence-electron chi connectivity index (χ0n) is 10.5. The van der Waals surface area contributed by atoms with E-state index >= 15 is 0 Å². The van der Waals surface area contributed by atoms with Gasteiger partial charge in [0.25, 0.3) is 0 Å². The van der Waals surface area contributed by atoms with Crippen LogP contribution in [-0.4, -0.2) is 5.91 Å². The molecule has 7 heteroatoms. The average molecular weight is 315 g/mol. The van der Waals surface area contributed by atoms with Crippen LogP contribution in [0.2, 0.25) is 5.02 Å². The van der Waals surface area contributed by atoms with E-state index in [-0.39, 0.29) is 5.56 Å². The Labute approximate surface area is 123 Å². The van der Waals surface area contributed by atoms with Gasteiger partial charge in [0.2, 0.25) is 5.91 Å². The Kier molecular flexibility index (Phi) is 4.37. The fourth-order valence-corrected chi connectivity index (χ4v) is 2.00. The number of primary amides is 1. The lowest BCUT2D eigenvalue weighted by molar-refractivity contribution is -0.118. The molecule has 0 bridgehead atoms. The maximum absolute atomic E-state index is 13.3. The predicted molar refractivity (Wildman–Crippen MR) is 73.3 cm³/mol. The number of halogens is 4. The number of carbonyl (C=O) groups excluding carboxylic acids is 1. The van der Waals surface area contributed by atoms with Crippen molar-refractivity contribution < 1.29 is 18.0 Å². The number of carbonyl (C=O) groups is 1. The minimum Gasteiger partial charge on any atom is -0.370 e. The summed E-state index contributed by atoms with van der Waals surface area (Å²) >= 11 is 5.80. The number of benzene rings is 2. The van der Waals surface area contributed by atoms with Gasteiger partial charge in [0.15, 0.2) is 17.5 Å². The first-order valence-corrected chi connectivity index (χ1v) is 6.22. The molecule has 0 heterocycles. The lowest BCUT2D eigenvalue weighted by atomic mass is 10.1. The second-order valence-electron chi connectivity index (χ2n) is 4.29. The molecule has 1 amide bonds. The van der Waals surface area contributed by atoms with E-state index in [1.165, 1.54) is 6.07 Å². The van der Waals surface area contributed by atoms with Crippen molar-refractivity contribution in [3.63, 3.8) is 0 Å². The van der Waals surface area contributed by atoms with E-state index in [0.29, 0.717) is 22.8 Å². The Hall–Kier alpha value is -2.21. The molecule has 0 aliphatic rings. The van der Waals surface area contributed by atoms with Gasteiger partial charge in [0.05, 0.1) is 0 Å². The molecule has 0 saturated carbocycles. The highest BCUT2D eigenvalue weighted by atomic mass is 35.5. The predicted octanol–water partition coefficient (Wildman–Crippen LogP) is 3.40. The molecule has 1 atom stereocenters. The molecule has 0 aliphatic carbocycles. The van der Waals surface area contributed by atoms with Crippen LogP contribution in [0.5, 0.6) is 0 Å². The standard InChI is InChI=1S/C14H10ClF3N2O/c15-8-2-1-3-9(6-8)20-13(14(19)21)7-4-10(16)12(18)11(17)5-7/h1-6,13,20H,(H2,19,21). The van der Waals surface area contributed by atoms with Gasteiger partial charge in [-0.2, -0.15) is 0 Å². The van der Waals surface area contributed by atoms with E-state index in [1.54, 1.807) is 18.2 Å². The Morgan fingerprint density at radius 2 is 1.76 bits per heavy atom. The number of hydrogen-bond donors (Lipinski definition) is 2. The fourth-order valence-electron chi connectivity index (χ4n) is 1.81. The highest BCUT2D eigenvalue weighted by Crippen LogP contribution is 2.24. The highest BCUT2D eigenvalue weighted by Gasteiger charge is 2.21. The molecule has 0 radical (unpaired) electrons. The van der Waals surface area contributed by atoms with E-state index in [2.05, 4.69) is 5.32 Å². The summed E-state index contributed by atoms with van der Waals surface area (Å²) in [6.07, 6.45) is 0. The molecule has 0 aliphatic heterocycles. The van der Waals surface area contributed by atoms with Gasteiger partial charge in [-0.3, -0.25) is 4.79 Å². The zero-order chi connectivity index (χ0) is 15.6. The van der Waals surface area contributed by atoms with Gasteiger partial charge >= 0.3 is 0 Å². The molecule has 1 unspecified atom stereocenters. The monoisotopic (exact) mass is 314 g/mol. The second-order valence-corrected chi connectivity index (χ2v) is 4.73. The number of anilines is 1. The number of nitrogens with two attached hydrogens (primary N) is 1. The molecular formula is C14H10ClF3N2O. The summed E-state index contributed by atoms with van der Waals surface area (Å²) in [4.78, 5) is 11.5. The Morgan fingerprint density at radius 1 is 1.14 bits per heavy atom. The van der Waals surface area contributed by atoms with Gasteiger partial charge in [0, 0.05) is 10.7 Å². The van der Waals surface area contributed by atoms with Crippen molar-refractivity contribution in [3.8, 4) is 0 Å². The summed E-state index contributed by atoms with van der Waals surface area (Å²) < 4.78 is 39.5. The van der Waals surface area contributed by atoms with Crippen LogP contribution in [0.1, 0.15) is 11.6 Å². The molecule has 3 nitrogen and oxygen atoms in total. The van der Waals surface area contributed by atoms with Crippen molar-refractivity contribution in [2.24, 2.45) is 5.73 Å². The summed E-state index contributed by atoms with van der Waals surface area (Å²) in [6.45, 7) is 0. The molecule has 0 aromatic heterocycles. The molecule has 110 valence electrons. The van der Waals surface area contributed by atoms with Crippen LogP contribution >= 0.6 is 11.6 Å². The Morgan fingerprint density at radius 3 is 2.29 bits per heavy atom. The molecule has 3 N–H and O–H groups in total. The van der Waals surface area contributed by atoms with Crippen LogP contribution in [0, 0.1) is 17.5 Å². The van der Waals surface area contributed by atoms with Crippen LogP contribution in [0.4, 0.5) is 18.9 Å². The van der Waals surface area contributed by atoms with Crippen LogP contribution in [0.15, 0.2) is 36.4 Å². The van der Waals surface area contributed by atoms with Crippen molar-refractivity contribution in [2.45, 2.75) is 6.04 Å². The van der Waals surface area contributed by atoms with E-state index < -0.39 is 29.4 Å². The summed E-state index contributed by atoms with van der Waals surface area (Å²) in [5.41, 5.74) is 5.52. The maximum Gasteiger partial charge on any atom is 0.244 e. The summed E-state index contributed by atoms with van der Waals surface area (Å²) in [5.74, 6) is -5.28. The Balaban J connectivity index is 2.38. The Bertz CT molecular complexity index is 671. The van der Waals surface area contributed by atoms with E-state index in [1.807, 2.05) is 0 Å². The minimum atomic E-state index is -1.61. The van der Waals surface area contributed by atoms with E-state index in [4.69, 9.17) is 17.3 Å². The third-order valence-electron chi connectivity index (χ3n) is 2.76. The first kappa shape index (κ1) is 15.2. The summed E-state index contributed by atoms with van der Waals surface area (Å²) in [7, 11) is 0. The van der Waals surface area contributed by atoms with Crippen molar-refractivity contribution in [1.29, 1.82) is 0 Å². The van der Waals surface area contributed by atoms with Gasteiger partial charge in [-0.1, -0.05) is 17.7 Å². The first-order valence-electron chi connectivity index (χ1n) is 5.84. The van der Waals surface area contributed by atoms with Crippen molar-refractivity contribution >= 4 is 23.2 Å². The first-order chi connectivity index (χ1) is 9.88. The van der Waals surface area contributed by atoms with E-state index in [9.17, 15) is 18.0 Å². The van der Waals surface area contributed by atoms with Gasteiger partial charge in [-0.15, -0.1) is 0 Å². The third kappa shape index (κ3) is 3.46. The molecule has 2 aromatic carbocycles. The van der Waals surface area contributed by atoms with Crippen molar-refractivity contribution in [3.05, 3.63) is 64.4 Å². The molecule has 21 heavy (non-hydrogen) atoms. The molecule has 2 aromatic rings. The number of nitrogens with one attached hydrogen (secondary N) is 1. The SMILES string of the molecule is NC(=O)C(Nc1cccc(Cl)c1)c1cc(F)c(F)c(F)c1. The maximum atomic E-state index is 13.3. The zero-order valence-corrected chi connectivity index (χ0v) is 11.3. The van der Waals surface area contributed by atoms with Gasteiger partial charge in [-0.25, -0.2) is 13.2 Å². The fraction of sp³-hybridized carbons (Fsp3) is 0.0714. The third-order valence-corrected chi connectivity index (χ3v) is 2.99. The van der Waals surface area contributed by atoms with Gasteiger partial charge < -0.3 is 11.1 Å². The largest absolute Gasteiger partial charge is 0.370 e. The normalized spacial score (nSPS) is 12.0. The van der Waals surface area contributed by atoms with Crippen molar-refractivity contribution in [2.75, 3.05) is 5.32 Å². The smallest absolute Gasteiger partial charge is 0.244 e. The van der Waals surface area contributed by atoms with E-state index in [0.717, 1.165) is 0 Å². The quantitative estimate of drug-likeness (QED) is 0.850. The minimum absolute atomic E-state index is 0.126. The number of amides is 1. The number of hydrogen-bond acceptors (Lipinski definition) is 2. The second kappa shape index (κ2) is 6.05.